The average molecular weight is 255 g/mol. The van der Waals surface area contributed by atoms with Gasteiger partial charge in [-0.05, 0) is 12.1 Å². The lowest BCUT2D eigenvalue weighted by Gasteiger charge is -2.03. The summed E-state index contributed by atoms with van der Waals surface area (Å²) in [5.74, 6) is -0.419. The molecule has 72 valence electrons. The Kier molecular flexibility index (Phi) is 3.60. The number of nitrogens with zero attached hydrogens (tertiary/aromatic N) is 2. The van der Waals surface area contributed by atoms with Crippen molar-refractivity contribution >= 4 is 21.9 Å². The fraction of sp³-hybridized carbons (Fsp3) is 0.222. The van der Waals surface area contributed by atoms with Gasteiger partial charge in [0.05, 0.1) is 5.69 Å². The molecule has 1 aromatic rings. The van der Waals surface area contributed by atoms with Crippen LogP contribution in [0.1, 0.15) is 18.2 Å². The number of pyridine rings is 1. The lowest BCUT2D eigenvalue weighted by molar-refractivity contribution is -0.132. The van der Waals surface area contributed by atoms with E-state index >= 15 is 0 Å². The van der Waals surface area contributed by atoms with Gasteiger partial charge >= 0.3 is 5.97 Å². The van der Waals surface area contributed by atoms with Crippen molar-refractivity contribution in [1.82, 2.24) is 4.98 Å². The highest BCUT2D eigenvalue weighted by Gasteiger charge is 2.08. The molecule has 0 unspecified atom stereocenters. The summed E-state index contributed by atoms with van der Waals surface area (Å²) in [7, 11) is 0. The first kappa shape index (κ1) is 10.7. The molecule has 1 heterocycles. The second-order valence-electron chi connectivity index (χ2n) is 2.49. The number of nitriles is 1. The molecule has 5 heteroatoms. The number of alkyl halides is 1. The molecule has 14 heavy (non-hydrogen) atoms. The highest BCUT2D eigenvalue weighted by atomic mass is 79.9. The topological polar surface area (TPSA) is 63.0 Å². The van der Waals surface area contributed by atoms with Crippen LogP contribution in [-0.2, 0) is 10.1 Å². The molecule has 0 fully saturated rings. The zero-order chi connectivity index (χ0) is 10.6. The van der Waals surface area contributed by atoms with Crippen molar-refractivity contribution in [2.45, 2.75) is 12.3 Å². The van der Waals surface area contributed by atoms with Crippen LogP contribution < -0.4 is 4.74 Å². The third-order valence-corrected chi connectivity index (χ3v) is 1.99. The van der Waals surface area contributed by atoms with Crippen molar-refractivity contribution in [3.05, 3.63) is 23.4 Å². The predicted octanol–water partition coefficient (Wildman–Crippen LogP) is 1.77. The van der Waals surface area contributed by atoms with Crippen LogP contribution in [0, 0.1) is 11.3 Å². The van der Waals surface area contributed by atoms with Crippen LogP contribution in [0.15, 0.2) is 12.1 Å². The summed E-state index contributed by atoms with van der Waals surface area (Å²) in [6, 6.07) is 5.16. The minimum absolute atomic E-state index is 0.0666. The van der Waals surface area contributed by atoms with E-state index in [9.17, 15) is 4.79 Å². The quantitative estimate of drug-likeness (QED) is 0.596. The van der Waals surface area contributed by atoms with Crippen molar-refractivity contribution in [2.24, 2.45) is 0 Å². The molecule has 0 saturated carbocycles. The van der Waals surface area contributed by atoms with E-state index in [0.29, 0.717) is 11.0 Å². The van der Waals surface area contributed by atoms with Crippen LogP contribution in [0.3, 0.4) is 0 Å². The largest absolute Gasteiger partial charge is 0.406 e. The van der Waals surface area contributed by atoms with Crippen LogP contribution in [-0.4, -0.2) is 11.0 Å². The Morgan fingerprint density at radius 3 is 2.93 bits per heavy atom. The molecule has 0 N–H and O–H groups in total. The summed E-state index contributed by atoms with van der Waals surface area (Å²) in [4.78, 5) is 14.7. The van der Waals surface area contributed by atoms with E-state index in [1.54, 1.807) is 12.1 Å². The third-order valence-electron chi connectivity index (χ3n) is 1.42. The van der Waals surface area contributed by atoms with Gasteiger partial charge in [0, 0.05) is 12.3 Å². The lowest BCUT2D eigenvalue weighted by atomic mass is 10.2. The van der Waals surface area contributed by atoms with E-state index in [0.717, 1.165) is 0 Å². The maximum absolute atomic E-state index is 10.7. The van der Waals surface area contributed by atoms with Crippen LogP contribution in [0.4, 0.5) is 0 Å². The van der Waals surface area contributed by atoms with Gasteiger partial charge in [-0.15, -0.1) is 0 Å². The summed E-state index contributed by atoms with van der Waals surface area (Å²) < 4.78 is 4.79. The van der Waals surface area contributed by atoms with Gasteiger partial charge < -0.3 is 4.74 Å². The van der Waals surface area contributed by atoms with Crippen LogP contribution in [0.25, 0.3) is 0 Å². The number of ether oxygens (including phenoxy) is 1. The Morgan fingerprint density at radius 2 is 2.43 bits per heavy atom. The minimum atomic E-state index is -0.485. The number of aromatic nitrogens is 1. The molecule has 0 aromatic carbocycles. The van der Waals surface area contributed by atoms with Crippen molar-refractivity contribution in [1.29, 1.82) is 5.26 Å². The SMILES string of the molecule is CC(=O)Oc1nc(CBr)ccc1C#N. The van der Waals surface area contributed by atoms with Crippen molar-refractivity contribution < 1.29 is 9.53 Å². The molecule has 0 aliphatic heterocycles. The molecule has 0 radical (unpaired) electrons. The molecule has 4 nitrogen and oxygen atoms in total. The summed E-state index contributed by atoms with van der Waals surface area (Å²) in [6.45, 7) is 1.27. The van der Waals surface area contributed by atoms with Gasteiger partial charge in [0.25, 0.3) is 0 Å². The highest BCUT2D eigenvalue weighted by Crippen LogP contribution is 2.16. The van der Waals surface area contributed by atoms with Crippen molar-refractivity contribution in [3.63, 3.8) is 0 Å². The monoisotopic (exact) mass is 254 g/mol. The molecule has 0 aliphatic carbocycles. The Morgan fingerprint density at radius 1 is 1.71 bits per heavy atom. The predicted molar refractivity (Wildman–Crippen MR) is 52.9 cm³/mol. The van der Waals surface area contributed by atoms with Crippen LogP contribution in [0.2, 0.25) is 0 Å². The van der Waals surface area contributed by atoms with Crippen LogP contribution in [0.5, 0.6) is 5.88 Å². The first-order valence-corrected chi connectivity index (χ1v) is 4.94. The number of hydrogen-bond acceptors (Lipinski definition) is 4. The summed E-state index contributed by atoms with van der Waals surface area (Å²) in [5, 5.41) is 9.25. The Hall–Kier alpha value is -1.41. The second kappa shape index (κ2) is 4.72. The molecule has 0 bridgehead atoms. The standard InChI is InChI=1S/C9H7BrN2O2/c1-6(13)14-9-7(5-11)2-3-8(4-10)12-9/h2-3H,4H2,1H3. The molecule has 0 aliphatic rings. The van der Waals surface area contributed by atoms with Crippen molar-refractivity contribution in [2.75, 3.05) is 0 Å². The summed E-state index contributed by atoms with van der Waals surface area (Å²) >= 11 is 3.22. The van der Waals surface area contributed by atoms with Gasteiger partial charge in [-0.2, -0.15) is 5.26 Å². The van der Waals surface area contributed by atoms with E-state index in [2.05, 4.69) is 20.9 Å². The highest BCUT2D eigenvalue weighted by molar-refractivity contribution is 9.08. The van der Waals surface area contributed by atoms with E-state index in [1.807, 2.05) is 6.07 Å². The molecule has 1 aromatic heterocycles. The Balaban J connectivity index is 3.09. The second-order valence-corrected chi connectivity index (χ2v) is 3.06. The molecular formula is C9H7BrN2O2. The number of esters is 1. The smallest absolute Gasteiger partial charge is 0.309 e. The number of rotatable bonds is 2. The maximum Gasteiger partial charge on any atom is 0.309 e. The fourth-order valence-electron chi connectivity index (χ4n) is 0.852. The Labute approximate surface area is 89.6 Å². The Bertz CT molecular complexity index is 398. The molecular weight excluding hydrogens is 248 g/mol. The zero-order valence-corrected chi connectivity index (χ0v) is 9.04. The third kappa shape index (κ3) is 2.54. The fourth-order valence-corrected chi connectivity index (χ4v) is 1.16. The number of carbonyl (C=O) groups excluding carboxylic acids is 1. The number of halogens is 1. The average Bonchev–Trinajstić information content (AvgIpc) is 2.16. The van der Waals surface area contributed by atoms with E-state index in [4.69, 9.17) is 10.00 Å². The van der Waals surface area contributed by atoms with Gasteiger partial charge in [0.15, 0.2) is 0 Å². The zero-order valence-electron chi connectivity index (χ0n) is 7.45. The van der Waals surface area contributed by atoms with Gasteiger partial charge in [-0.3, -0.25) is 4.79 Å². The first-order valence-electron chi connectivity index (χ1n) is 3.81. The minimum Gasteiger partial charge on any atom is -0.406 e. The van der Waals surface area contributed by atoms with E-state index < -0.39 is 5.97 Å². The van der Waals surface area contributed by atoms with E-state index in [1.165, 1.54) is 6.92 Å². The first-order chi connectivity index (χ1) is 6.67. The summed E-state index contributed by atoms with van der Waals surface area (Å²) in [5.41, 5.74) is 0.963. The summed E-state index contributed by atoms with van der Waals surface area (Å²) in [6.07, 6.45) is 0. The molecule has 0 amide bonds. The van der Waals surface area contributed by atoms with Gasteiger partial charge in [0.1, 0.15) is 11.6 Å². The van der Waals surface area contributed by atoms with Gasteiger partial charge in [0.2, 0.25) is 5.88 Å². The number of hydrogen-bond donors (Lipinski definition) is 0. The molecule has 1 rings (SSSR count). The van der Waals surface area contributed by atoms with Crippen molar-refractivity contribution in [3.8, 4) is 11.9 Å². The normalized spacial score (nSPS) is 9.21. The maximum atomic E-state index is 10.7. The number of carbonyl (C=O) groups is 1. The lowest BCUT2D eigenvalue weighted by Crippen LogP contribution is -2.05. The molecule has 0 atom stereocenters. The molecule has 0 saturated heterocycles. The van der Waals surface area contributed by atoms with Gasteiger partial charge in [-0.1, -0.05) is 15.9 Å². The molecule has 0 spiro atoms. The van der Waals surface area contributed by atoms with Gasteiger partial charge in [-0.25, -0.2) is 4.98 Å². The van der Waals surface area contributed by atoms with E-state index in [-0.39, 0.29) is 11.4 Å². The van der Waals surface area contributed by atoms with Crippen LogP contribution >= 0.6 is 15.9 Å².